The second-order valence-corrected chi connectivity index (χ2v) is 6.92. The SMILES string of the molecule is CS(=O)c1nc(NCc2ccc(-c3ccccn3)cc2)n2nccc2n1. The molecule has 0 fully saturated rings. The zero-order chi connectivity index (χ0) is 17.9. The van der Waals surface area contributed by atoms with Gasteiger partial charge in [0.1, 0.15) is 0 Å². The van der Waals surface area contributed by atoms with E-state index in [2.05, 4.69) is 25.4 Å². The highest BCUT2D eigenvalue weighted by molar-refractivity contribution is 7.84. The van der Waals surface area contributed by atoms with E-state index in [-0.39, 0.29) is 5.16 Å². The van der Waals surface area contributed by atoms with Crippen molar-refractivity contribution in [1.82, 2.24) is 24.6 Å². The molecule has 1 atom stereocenters. The summed E-state index contributed by atoms with van der Waals surface area (Å²) in [6.07, 6.45) is 4.98. The maximum Gasteiger partial charge on any atom is 0.228 e. The molecule has 0 aliphatic heterocycles. The van der Waals surface area contributed by atoms with Gasteiger partial charge in [-0.15, -0.1) is 0 Å². The highest BCUT2D eigenvalue weighted by Gasteiger charge is 2.10. The fourth-order valence-electron chi connectivity index (χ4n) is 2.56. The smallest absolute Gasteiger partial charge is 0.228 e. The zero-order valence-electron chi connectivity index (χ0n) is 14.0. The van der Waals surface area contributed by atoms with Gasteiger partial charge in [-0.05, 0) is 17.7 Å². The van der Waals surface area contributed by atoms with Crippen molar-refractivity contribution in [3.8, 4) is 11.3 Å². The molecule has 1 aromatic carbocycles. The van der Waals surface area contributed by atoms with Gasteiger partial charge in [-0.25, -0.2) is 4.98 Å². The molecular formula is C18H16N6OS. The van der Waals surface area contributed by atoms with Crippen LogP contribution in [0.4, 0.5) is 5.95 Å². The minimum Gasteiger partial charge on any atom is -0.350 e. The van der Waals surface area contributed by atoms with Crippen LogP contribution in [-0.2, 0) is 17.3 Å². The van der Waals surface area contributed by atoms with E-state index in [0.717, 1.165) is 16.8 Å². The number of benzene rings is 1. The molecule has 0 amide bonds. The van der Waals surface area contributed by atoms with Crippen LogP contribution >= 0.6 is 0 Å². The molecule has 130 valence electrons. The number of nitrogens with one attached hydrogen (secondary N) is 1. The molecule has 4 rings (SSSR count). The van der Waals surface area contributed by atoms with Crippen LogP contribution < -0.4 is 5.32 Å². The first-order chi connectivity index (χ1) is 12.7. The molecule has 26 heavy (non-hydrogen) atoms. The normalized spacial score (nSPS) is 12.2. The first-order valence-electron chi connectivity index (χ1n) is 8.00. The number of anilines is 1. The van der Waals surface area contributed by atoms with Crippen molar-refractivity contribution in [2.75, 3.05) is 11.6 Å². The van der Waals surface area contributed by atoms with Gasteiger partial charge >= 0.3 is 0 Å². The fraction of sp³-hybridized carbons (Fsp3) is 0.111. The Bertz CT molecular complexity index is 1060. The van der Waals surface area contributed by atoms with Gasteiger partial charge in [0.15, 0.2) is 5.65 Å². The lowest BCUT2D eigenvalue weighted by Gasteiger charge is -2.09. The standard InChI is InChI=1S/C18H16N6OS/c1-26(25)18-22-16-9-11-21-24(16)17(23-18)20-12-13-5-7-14(8-6-13)15-4-2-3-10-19-15/h2-11H,12H2,1H3,(H,20,22,23). The fourth-order valence-corrected chi connectivity index (χ4v) is 2.99. The summed E-state index contributed by atoms with van der Waals surface area (Å²) in [7, 11) is -1.26. The topological polar surface area (TPSA) is 85.1 Å². The van der Waals surface area contributed by atoms with Gasteiger partial charge in [0, 0.05) is 30.6 Å². The molecule has 3 aromatic heterocycles. The van der Waals surface area contributed by atoms with Crippen LogP contribution in [0.3, 0.4) is 0 Å². The van der Waals surface area contributed by atoms with Crippen LogP contribution in [0.5, 0.6) is 0 Å². The third-order valence-electron chi connectivity index (χ3n) is 3.86. The summed E-state index contributed by atoms with van der Waals surface area (Å²) < 4.78 is 13.3. The van der Waals surface area contributed by atoms with Gasteiger partial charge in [-0.2, -0.15) is 14.6 Å². The van der Waals surface area contributed by atoms with Crippen molar-refractivity contribution in [1.29, 1.82) is 0 Å². The summed E-state index contributed by atoms with van der Waals surface area (Å²) in [4.78, 5) is 12.9. The van der Waals surface area contributed by atoms with Crippen molar-refractivity contribution in [2.45, 2.75) is 11.7 Å². The molecular weight excluding hydrogens is 348 g/mol. The van der Waals surface area contributed by atoms with E-state index < -0.39 is 10.8 Å². The van der Waals surface area contributed by atoms with Crippen LogP contribution in [-0.4, -0.2) is 35.0 Å². The third kappa shape index (κ3) is 3.31. The summed E-state index contributed by atoms with van der Waals surface area (Å²) >= 11 is 0. The molecule has 0 aliphatic carbocycles. The van der Waals surface area contributed by atoms with Gasteiger partial charge in [0.25, 0.3) is 0 Å². The largest absolute Gasteiger partial charge is 0.350 e. The molecule has 0 aliphatic rings. The first-order valence-corrected chi connectivity index (χ1v) is 9.56. The Morgan fingerprint density at radius 1 is 1.04 bits per heavy atom. The average Bonchev–Trinajstić information content (AvgIpc) is 3.16. The Morgan fingerprint density at radius 2 is 1.88 bits per heavy atom. The number of nitrogens with zero attached hydrogens (tertiary/aromatic N) is 5. The molecule has 0 radical (unpaired) electrons. The number of hydrogen-bond donors (Lipinski definition) is 1. The van der Waals surface area contributed by atoms with Crippen LogP contribution in [0, 0.1) is 0 Å². The monoisotopic (exact) mass is 364 g/mol. The van der Waals surface area contributed by atoms with Crippen molar-refractivity contribution in [3.05, 3.63) is 66.5 Å². The van der Waals surface area contributed by atoms with Crippen LogP contribution in [0.25, 0.3) is 16.9 Å². The molecule has 0 spiro atoms. The summed E-state index contributed by atoms with van der Waals surface area (Å²) in [5.74, 6) is 0.513. The van der Waals surface area contributed by atoms with Gasteiger partial charge in [0.05, 0.1) is 22.7 Å². The maximum atomic E-state index is 11.7. The predicted octanol–water partition coefficient (Wildman–Crippen LogP) is 2.54. The third-order valence-corrected chi connectivity index (χ3v) is 4.55. The van der Waals surface area contributed by atoms with Crippen molar-refractivity contribution in [3.63, 3.8) is 0 Å². The van der Waals surface area contributed by atoms with E-state index in [4.69, 9.17) is 0 Å². The summed E-state index contributed by atoms with van der Waals surface area (Å²) in [5, 5.41) is 7.73. The van der Waals surface area contributed by atoms with Gasteiger partial charge in [-0.3, -0.25) is 9.19 Å². The minimum atomic E-state index is -1.26. The van der Waals surface area contributed by atoms with Crippen molar-refractivity contribution in [2.24, 2.45) is 0 Å². The Labute approximate surface area is 152 Å². The van der Waals surface area contributed by atoms with E-state index in [9.17, 15) is 4.21 Å². The molecule has 4 aromatic rings. The van der Waals surface area contributed by atoms with E-state index >= 15 is 0 Å². The quantitative estimate of drug-likeness (QED) is 0.586. The highest BCUT2D eigenvalue weighted by Crippen LogP contribution is 2.17. The number of pyridine rings is 1. The minimum absolute atomic E-state index is 0.283. The zero-order valence-corrected chi connectivity index (χ0v) is 14.8. The lowest BCUT2D eigenvalue weighted by Crippen LogP contribution is -2.11. The first kappa shape index (κ1) is 16.3. The second kappa shape index (κ2) is 7.01. The Balaban J connectivity index is 1.55. The molecule has 8 heteroatoms. The molecule has 3 heterocycles. The lowest BCUT2D eigenvalue weighted by molar-refractivity contribution is 0.678. The Morgan fingerprint density at radius 3 is 2.62 bits per heavy atom. The molecule has 0 saturated carbocycles. The van der Waals surface area contributed by atoms with Crippen molar-refractivity contribution < 1.29 is 4.21 Å². The molecule has 0 bridgehead atoms. The Hall–Kier alpha value is -3.13. The molecule has 0 saturated heterocycles. The molecule has 7 nitrogen and oxygen atoms in total. The van der Waals surface area contributed by atoms with Crippen LogP contribution in [0.1, 0.15) is 5.56 Å². The summed E-state index contributed by atoms with van der Waals surface area (Å²) in [6, 6.07) is 15.8. The lowest BCUT2D eigenvalue weighted by atomic mass is 10.1. The van der Waals surface area contributed by atoms with E-state index in [0.29, 0.717) is 18.1 Å². The number of aromatic nitrogens is 5. The van der Waals surface area contributed by atoms with Gasteiger partial charge in [-0.1, -0.05) is 30.3 Å². The van der Waals surface area contributed by atoms with Crippen LogP contribution in [0.2, 0.25) is 0 Å². The number of rotatable bonds is 5. The van der Waals surface area contributed by atoms with Gasteiger partial charge in [0.2, 0.25) is 11.1 Å². The van der Waals surface area contributed by atoms with Crippen LogP contribution in [0.15, 0.2) is 66.1 Å². The summed E-state index contributed by atoms with van der Waals surface area (Å²) in [6.45, 7) is 0.560. The number of fused-ring (bicyclic) bond motifs is 1. The van der Waals surface area contributed by atoms with Crippen molar-refractivity contribution >= 4 is 22.4 Å². The second-order valence-electron chi connectivity index (χ2n) is 5.65. The molecule has 1 unspecified atom stereocenters. The Kier molecular flexibility index (Phi) is 4.40. The maximum absolute atomic E-state index is 11.7. The van der Waals surface area contributed by atoms with E-state index in [1.165, 1.54) is 0 Å². The highest BCUT2D eigenvalue weighted by atomic mass is 32.2. The molecule has 1 N–H and O–H groups in total. The average molecular weight is 364 g/mol. The van der Waals surface area contributed by atoms with Gasteiger partial charge < -0.3 is 5.32 Å². The van der Waals surface area contributed by atoms with E-state index in [1.54, 1.807) is 29.2 Å². The summed E-state index contributed by atoms with van der Waals surface area (Å²) in [5.41, 5.74) is 3.70. The van der Waals surface area contributed by atoms with E-state index in [1.807, 2.05) is 42.5 Å². The predicted molar refractivity (Wildman–Crippen MR) is 100 cm³/mol. The number of hydrogen-bond acceptors (Lipinski definition) is 6.